The Labute approximate surface area is 96.5 Å². The van der Waals surface area contributed by atoms with Gasteiger partial charge in [-0.05, 0) is 32.6 Å². The first-order chi connectivity index (χ1) is 6.92. The number of nitrogens with two attached hydrogens (primary N) is 1. The molecule has 0 spiro atoms. The van der Waals surface area contributed by atoms with Crippen LogP contribution in [-0.2, 0) is 10.8 Å². The van der Waals surface area contributed by atoms with Gasteiger partial charge >= 0.3 is 0 Å². The van der Waals surface area contributed by atoms with E-state index in [0.29, 0.717) is 11.0 Å². The molecule has 1 fully saturated rings. The maximum atomic E-state index is 12.1. The molecule has 0 radical (unpaired) electrons. The van der Waals surface area contributed by atoms with Crippen LogP contribution in [0, 0.1) is 5.92 Å². The van der Waals surface area contributed by atoms with Crippen LogP contribution in [0.15, 0.2) is 0 Å². The van der Waals surface area contributed by atoms with Gasteiger partial charge in [-0.1, -0.05) is 26.2 Å². The molecule has 90 valence electrons. The van der Waals surface area contributed by atoms with Crippen LogP contribution in [0.1, 0.15) is 52.9 Å². The molecule has 1 aliphatic rings. The second kappa shape index (κ2) is 5.44. The first-order valence-corrected chi connectivity index (χ1v) is 7.46. The van der Waals surface area contributed by atoms with Crippen molar-refractivity contribution in [2.75, 3.05) is 5.75 Å². The van der Waals surface area contributed by atoms with Gasteiger partial charge in [-0.15, -0.1) is 0 Å². The standard InChI is InChI=1S/C12H25NOS/c1-4-10-6-5-7-11(8-10)15(14)9-12(2,3)13/h10-11H,4-9,13H2,1-3H3. The van der Waals surface area contributed by atoms with Gasteiger partial charge in [0.1, 0.15) is 0 Å². The fourth-order valence-corrected chi connectivity index (χ4v) is 4.22. The minimum Gasteiger partial charge on any atom is -0.325 e. The lowest BCUT2D eigenvalue weighted by Crippen LogP contribution is -2.41. The van der Waals surface area contributed by atoms with Crippen LogP contribution in [0.25, 0.3) is 0 Å². The van der Waals surface area contributed by atoms with E-state index in [1.807, 2.05) is 13.8 Å². The van der Waals surface area contributed by atoms with E-state index < -0.39 is 10.8 Å². The molecule has 3 atom stereocenters. The molecule has 1 saturated carbocycles. The summed E-state index contributed by atoms with van der Waals surface area (Å²) in [7, 11) is -0.723. The Bertz CT molecular complexity index is 222. The smallest absolute Gasteiger partial charge is 0.0412 e. The van der Waals surface area contributed by atoms with E-state index in [-0.39, 0.29) is 5.54 Å². The molecule has 2 N–H and O–H groups in total. The van der Waals surface area contributed by atoms with Crippen LogP contribution >= 0.6 is 0 Å². The van der Waals surface area contributed by atoms with Crippen molar-refractivity contribution in [3.63, 3.8) is 0 Å². The van der Waals surface area contributed by atoms with Crippen molar-refractivity contribution < 1.29 is 4.21 Å². The minimum absolute atomic E-state index is 0.288. The molecule has 0 aromatic carbocycles. The van der Waals surface area contributed by atoms with Crippen molar-refractivity contribution in [3.8, 4) is 0 Å². The monoisotopic (exact) mass is 231 g/mol. The predicted molar refractivity (Wildman–Crippen MR) is 67.3 cm³/mol. The summed E-state index contributed by atoms with van der Waals surface area (Å²) in [5.74, 6) is 1.45. The quantitative estimate of drug-likeness (QED) is 0.807. The third-order valence-electron chi connectivity index (χ3n) is 3.20. The second-order valence-electron chi connectivity index (χ2n) is 5.58. The van der Waals surface area contributed by atoms with Crippen LogP contribution in [0.4, 0.5) is 0 Å². The molecule has 1 aliphatic carbocycles. The highest BCUT2D eigenvalue weighted by Crippen LogP contribution is 2.30. The van der Waals surface area contributed by atoms with Gasteiger partial charge < -0.3 is 5.73 Å². The van der Waals surface area contributed by atoms with Crippen LogP contribution in [0.3, 0.4) is 0 Å². The van der Waals surface area contributed by atoms with Crippen LogP contribution < -0.4 is 5.73 Å². The van der Waals surface area contributed by atoms with Gasteiger partial charge in [0, 0.05) is 27.3 Å². The summed E-state index contributed by atoms with van der Waals surface area (Å²) >= 11 is 0. The Hall–Kier alpha value is 0.110. The number of rotatable bonds is 4. The molecule has 3 heteroatoms. The Morgan fingerprint density at radius 3 is 2.60 bits per heavy atom. The topological polar surface area (TPSA) is 43.1 Å². The molecule has 0 aromatic rings. The first kappa shape index (κ1) is 13.2. The highest BCUT2D eigenvalue weighted by Gasteiger charge is 2.27. The minimum atomic E-state index is -0.723. The van der Waals surface area contributed by atoms with Crippen molar-refractivity contribution in [3.05, 3.63) is 0 Å². The van der Waals surface area contributed by atoms with E-state index in [2.05, 4.69) is 6.92 Å². The molecule has 1 rings (SSSR count). The zero-order chi connectivity index (χ0) is 11.5. The Morgan fingerprint density at radius 1 is 1.40 bits per heavy atom. The number of hydrogen-bond donors (Lipinski definition) is 1. The lowest BCUT2D eigenvalue weighted by Gasteiger charge is -2.30. The van der Waals surface area contributed by atoms with Crippen molar-refractivity contribution in [2.45, 2.75) is 63.7 Å². The molecule has 15 heavy (non-hydrogen) atoms. The third kappa shape index (κ3) is 4.64. The highest BCUT2D eigenvalue weighted by atomic mass is 32.2. The molecule has 0 aliphatic heterocycles. The molecule has 0 aromatic heterocycles. The highest BCUT2D eigenvalue weighted by molar-refractivity contribution is 7.85. The predicted octanol–water partition coefficient (Wildman–Crippen LogP) is 2.44. The maximum absolute atomic E-state index is 12.1. The first-order valence-electron chi connectivity index (χ1n) is 6.08. The van der Waals surface area contributed by atoms with Gasteiger partial charge in [0.25, 0.3) is 0 Å². The zero-order valence-electron chi connectivity index (χ0n) is 10.3. The lowest BCUT2D eigenvalue weighted by atomic mass is 9.87. The summed E-state index contributed by atoms with van der Waals surface area (Å²) < 4.78 is 12.1. The fourth-order valence-electron chi connectivity index (χ4n) is 2.34. The van der Waals surface area contributed by atoms with Gasteiger partial charge in [0.05, 0.1) is 0 Å². The van der Waals surface area contributed by atoms with E-state index in [9.17, 15) is 4.21 Å². The van der Waals surface area contributed by atoms with E-state index >= 15 is 0 Å². The summed E-state index contributed by atoms with van der Waals surface area (Å²) in [4.78, 5) is 0. The van der Waals surface area contributed by atoms with E-state index in [0.717, 1.165) is 18.8 Å². The molecule has 2 nitrogen and oxygen atoms in total. The molecule has 0 amide bonds. The van der Waals surface area contributed by atoms with Crippen LogP contribution in [-0.4, -0.2) is 20.8 Å². The SMILES string of the molecule is CCC1CCCC(S(=O)CC(C)(C)N)C1. The molecule has 3 unspecified atom stereocenters. The molecule has 0 heterocycles. The van der Waals surface area contributed by atoms with Gasteiger partial charge in [0.15, 0.2) is 0 Å². The molecule has 0 saturated heterocycles. The largest absolute Gasteiger partial charge is 0.325 e. The summed E-state index contributed by atoms with van der Waals surface area (Å²) in [6, 6.07) is 0. The average molecular weight is 231 g/mol. The third-order valence-corrected chi connectivity index (χ3v) is 5.40. The van der Waals surface area contributed by atoms with Gasteiger partial charge in [-0.2, -0.15) is 0 Å². The summed E-state index contributed by atoms with van der Waals surface area (Å²) in [6.07, 6.45) is 6.11. The zero-order valence-corrected chi connectivity index (χ0v) is 11.1. The van der Waals surface area contributed by atoms with Gasteiger partial charge in [-0.25, -0.2) is 0 Å². The normalized spacial score (nSPS) is 30.1. The molecular weight excluding hydrogens is 206 g/mol. The van der Waals surface area contributed by atoms with Gasteiger partial charge in [0.2, 0.25) is 0 Å². The average Bonchev–Trinajstić information content (AvgIpc) is 2.15. The van der Waals surface area contributed by atoms with E-state index in [4.69, 9.17) is 5.73 Å². The molecular formula is C12H25NOS. The van der Waals surface area contributed by atoms with Gasteiger partial charge in [-0.3, -0.25) is 4.21 Å². The second-order valence-corrected chi connectivity index (χ2v) is 7.29. The Balaban J connectivity index is 2.45. The van der Waals surface area contributed by atoms with Crippen molar-refractivity contribution in [1.82, 2.24) is 0 Å². The van der Waals surface area contributed by atoms with Crippen molar-refractivity contribution >= 4 is 10.8 Å². The fraction of sp³-hybridized carbons (Fsp3) is 1.00. The van der Waals surface area contributed by atoms with Crippen LogP contribution in [0.5, 0.6) is 0 Å². The summed E-state index contributed by atoms with van der Waals surface area (Å²) in [6.45, 7) is 6.17. The summed E-state index contributed by atoms with van der Waals surface area (Å²) in [5.41, 5.74) is 5.63. The lowest BCUT2D eigenvalue weighted by molar-refractivity contribution is 0.353. The van der Waals surface area contributed by atoms with E-state index in [1.165, 1.54) is 19.3 Å². The Morgan fingerprint density at radius 2 is 2.07 bits per heavy atom. The van der Waals surface area contributed by atoms with Crippen molar-refractivity contribution in [1.29, 1.82) is 0 Å². The van der Waals surface area contributed by atoms with Crippen LogP contribution in [0.2, 0.25) is 0 Å². The number of hydrogen-bond acceptors (Lipinski definition) is 2. The maximum Gasteiger partial charge on any atom is 0.0412 e. The Kier molecular flexibility index (Phi) is 4.78. The van der Waals surface area contributed by atoms with Crippen molar-refractivity contribution in [2.24, 2.45) is 11.7 Å². The summed E-state index contributed by atoms with van der Waals surface area (Å²) in [5, 5.41) is 0.409. The molecule has 0 bridgehead atoms. The van der Waals surface area contributed by atoms with E-state index in [1.54, 1.807) is 0 Å².